The number of hydrogen-bond acceptors (Lipinski definition) is 2. The minimum Gasteiger partial charge on any atom is -0.308 e. The molecule has 1 aliphatic heterocycles. The first-order chi connectivity index (χ1) is 9.81. The Hall–Kier alpha value is -1.45. The number of hydrogen-bond donors (Lipinski definition) is 1. The normalized spacial score (nSPS) is 24.2. The van der Waals surface area contributed by atoms with Gasteiger partial charge in [-0.1, -0.05) is 42.5 Å². The molecular formula is C17H17NOS. The molecule has 0 spiro atoms. The second-order valence-electron chi connectivity index (χ2n) is 5.57. The lowest BCUT2D eigenvalue weighted by Gasteiger charge is -2.24. The molecule has 0 aromatic heterocycles. The number of fused-ring (bicyclic) bond motifs is 3. The van der Waals surface area contributed by atoms with Crippen LogP contribution in [0.15, 0.2) is 42.5 Å². The van der Waals surface area contributed by atoms with Gasteiger partial charge in [0.2, 0.25) is 0 Å². The maximum absolute atomic E-state index is 11.7. The molecule has 2 nitrogen and oxygen atoms in total. The van der Waals surface area contributed by atoms with E-state index in [-0.39, 0.29) is 6.04 Å². The molecule has 1 heterocycles. The average molecular weight is 283 g/mol. The SMILES string of the molecule is O=S1CCNC(c2ccc3c(c2)Cc2ccccc2-3)C1. The molecule has 0 radical (unpaired) electrons. The summed E-state index contributed by atoms with van der Waals surface area (Å²) in [7, 11) is -0.672. The summed E-state index contributed by atoms with van der Waals surface area (Å²) in [5.41, 5.74) is 6.84. The van der Waals surface area contributed by atoms with Crippen LogP contribution in [0.3, 0.4) is 0 Å². The van der Waals surface area contributed by atoms with Gasteiger partial charge in [0.15, 0.2) is 0 Å². The average Bonchev–Trinajstić information content (AvgIpc) is 2.85. The van der Waals surface area contributed by atoms with Gasteiger partial charge < -0.3 is 5.32 Å². The third-order valence-electron chi connectivity index (χ3n) is 4.29. The summed E-state index contributed by atoms with van der Waals surface area (Å²) in [6, 6.07) is 15.6. The number of rotatable bonds is 1. The maximum atomic E-state index is 11.7. The highest BCUT2D eigenvalue weighted by atomic mass is 32.2. The predicted molar refractivity (Wildman–Crippen MR) is 83.3 cm³/mol. The van der Waals surface area contributed by atoms with Crippen molar-refractivity contribution >= 4 is 10.8 Å². The second-order valence-corrected chi connectivity index (χ2v) is 7.19. The van der Waals surface area contributed by atoms with Gasteiger partial charge in [0.1, 0.15) is 0 Å². The van der Waals surface area contributed by atoms with E-state index in [1.165, 1.54) is 27.8 Å². The van der Waals surface area contributed by atoms with Crippen molar-refractivity contribution in [1.82, 2.24) is 5.32 Å². The van der Waals surface area contributed by atoms with E-state index >= 15 is 0 Å². The van der Waals surface area contributed by atoms with Crippen LogP contribution >= 0.6 is 0 Å². The Bertz CT molecular complexity index is 695. The van der Waals surface area contributed by atoms with Gasteiger partial charge in [-0.25, -0.2) is 0 Å². The van der Waals surface area contributed by atoms with E-state index in [0.717, 1.165) is 24.5 Å². The Labute approximate surface area is 121 Å². The first-order valence-electron chi connectivity index (χ1n) is 7.11. The lowest BCUT2D eigenvalue weighted by atomic mass is 10.00. The molecule has 2 aliphatic rings. The zero-order valence-electron chi connectivity index (χ0n) is 11.3. The number of benzene rings is 2. The van der Waals surface area contributed by atoms with Crippen molar-refractivity contribution in [2.45, 2.75) is 12.5 Å². The van der Waals surface area contributed by atoms with Gasteiger partial charge in [-0.2, -0.15) is 0 Å². The lowest BCUT2D eigenvalue weighted by molar-refractivity contribution is 0.572. The maximum Gasteiger partial charge on any atom is 0.0437 e. The summed E-state index contributed by atoms with van der Waals surface area (Å²) in [6.45, 7) is 0.856. The van der Waals surface area contributed by atoms with Crippen LogP contribution in [0.1, 0.15) is 22.7 Å². The molecule has 0 bridgehead atoms. The zero-order valence-corrected chi connectivity index (χ0v) is 12.1. The quantitative estimate of drug-likeness (QED) is 0.744. The molecule has 2 aromatic carbocycles. The third-order valence-corrected chi connectivity index (χ3v) is 5.66. The van der Waals surface area contributed by atoms with Gasteiger partial charge in [-0.3, -0.25) is 4.21 Å². The fraction of sp³-hybridized carbons (Fsp3) is 0.294. The molecule has 0 saturated carbocycles. The van der Waals surface area contributed by atoms with Crippen LogP contribution < -0.4 is 5.32 Å². The minimum atomic E-state index is -0.672. The molecule has 2 aromatic rings. The van der Waals surface area contributed by atoms with E-state index < -0.39 is 10.8 Å². The van der Waals surface area contributed by atoms with Crippen molar-refractivity contribution in [1.29, 1.82) is 0 Å². The molecule has 102 valence electrons. The van der Waals surface area contributed by atoms with Crippen molar-refractivity contribution < 1.29 is 4.21 Å². The van der Waals surface area contributed by atoms with Crippen LogP contribution in [-0.4, -0.2) is 22.3 Å². The summed E-state index contributed by atoms with van der Waals surface area (Å²) in [5, 5.41) is 3.49. The molecule has 1 saturated heterocycles. The topological polar surface area (TPSA) is 29.1 Å². The zero-order chi connectivity index (χ0) is 13.5. The van der Waals surface area contributed by atoms with Gasteiger partial charge in [0.25, 0.3) is 0 Å². The van der Waals surface area contributed by atoms with Gasteiger partial charge >= 0.3 is 0 Å². The summed E-state index contributed by atoms with van der Waals surface area (Å²) in [4.78, 5) is 0. The first-order valence-corrected chi connectivity index (χ1v) is 8.59. The fourth-order valence-electron chi connectivity index (χ4n) is 3.27. The van der Waals surface area contributed by atoms with E-state index in [1.807, 2.05) is 0 Å². The summed E-state index contributed by atoms with van der Waals surface area (Å²) in [5.74, 6) is 1.53. The molecule has 0 amide bonds. The molecule has 1 aliphatic carbocycles. The minimum absolute atomic E-state index is 0.249. The third kappa shape index (κ3) is 2.02. The van der Waals surface area contributed by atoms with E-state index in [0.29, 0.717) is 0 Å². The summed E-state index contributed by atoms with van der Waals surface area (Å²) >= 11 is 0. The summed E-state index contributed by atoms with van der Waals surface area (Å²) in [6.07, 6.45) is 1.02. The van der Waals surface area contributed by atoms with Crippen LogP contribution in [0, 0.1) is 0 Å². The first kappa shape index (κ1) is 12.3. The molecule has 1 fully saturated rings. The Kier molecular flexibility index (Phi) is 2.97. The van der Waals surface area contributed by atoms with Gasteiger partial charge in [-0.05, 0) is 34.2 Å². The predicted octanol–water partition coefficient (Wildman–Crippen LogP) is 2.65. The standard InChI is InChI=1S/C17H17NOS/c19-20-8-7-18-17(11-20)13-5-6-16-14(10-13)9-12-3-1-2-4-15(12)16/h1-6,10,17-18H,7-9,11H2. The molecule has 4 rings (SSSR count). The van der Waals surface area contributed by atoms with Crippen LogP contribution in [-0.2, 0) is 17.2 Å². The van der Waals surface area contributed by atoms with E-state index in [9.17, 15) is 4.21 Å². The van der Waals surface area contributed by atoms with E-state index in [4.69, 9.17) is 0 Å². The van der Waals surface area contributed by atoms with Crippen molar-refractivity contribution in [2.75, 3.05) is 18.1 Å². The molecular weight excluding hydrogens is 266 g/mol. The largest absolute Gasteiger partial charge is 0.308 e. The highest BCUT2D eigenvalue weighted by molar-refractivity contribution is 7.85. The van der Waals surface area contributed by atoms with Crippen molar-refractivity contribution in [3.05, 3.63) is 59.2 Å². The molecule has 1 N–H and O–H groups in total. The van der Waals surface area contributed by atoms with Gasteiger partial charge in [0.05, 0.1) is 0 Å². The van der Waals surface area contributed by atoms with E-state index in [1.54, 1.807) is 0 Å². The highest BCUT2D eigenvalue weighted by Crippen LogP contribution is 2.37. The Morgan fingerprint density at radius 1 is 1.05 bits per heavy atom. The fourth-order valence-corrected chi connectivity index (χ4v) is 4.47. The molecule has 2 unspecified atom stereocenters. The van der Waals surface area contributed by atoms with Gasteiger partial charge in [-0.15, -0.1) is 0 Å². The van der Waals surface area contributed by atoms with Crippen LogP contribution in [0.4, 0.5) is 0 Å². The highest BCUT2D eigenvalue weighted by Gasteiger charge is 2.23. The number of nitrogens with one attached hydrogen (secondary N) is 1. The molecule has 2 atom stereocenters. The Morgan fingerprint density at radius 3 is 2.80 bits per heavy atom. The summed E-state index contributed by atoms with van der Waals surface area (Å²) < 4.78 is 11.7. The van der Waals surface area contributed by atoms with Crippen LogP contribution in [0.25, 0.3) is 11.1 Å². The van der Waals surface area contributed by atoms with Crippen molar-refractivity contribution in [2.24, 2.45) is 0 Å². The van der Waals surface area contributed by atoms with Crippen molar-refractivity contribution in [3.63, 3.8) is 0 Å². The Morgan fingerprint density at radius 2 is 1.90 bits per heavy atom. The smallest absolute Gasteiger partial charge is 0.0437 e. The van der Waals surface area contributed by atoms with Crippen molar-refractivity contribution in [3.8, 4) is 11.1 Å². The monoisotopic (exact) mass is 283 g/mol. The second kappa shape index (κ2) is 4.83. The van der Waals surface area contributed by atoms with E-state index in [2.05, 4.69) is 47.8 Å². The Balaban J connectivity index is 1.70. The van der Waals surface area contributed by atoms with Crippen LogP contribution in [0.2, 0.25) is 0 Å². The van der Waals surface area contributed by atoms with Gasteiger partial charge in [0, 0.05) is 34.9 Å². The lowest BCUT2D eigenvalue weighted by Crippen LogP contribution is -2.36. The van der Waals surface area contributed by atoms with Crippen LogP contribution in [0.5, 0.6) is 0 Å². The molecule has 20 heavy (non-hydrogen) atoms. The molecule has 3 heteroatoms.